The minimum absolute atomic E-state index is 0.0554. The number of rotatable bonds is 13. The molecular weight excluding hydrogens is 518 g/mol. The summed E-state index contributed by atoms with van der Waals surface area (Å²) in [6.07, 6.45) is -0.385. The lowest BCUT2D eigenvalue weighted by Crippen LogP contribution is -2.39. The molecule has 10 heteroatoms. The third kappa shape index (κ3) is 14.3. The number of ether oxygens (including phenoxy) is 5. The molecule has 0 saturated heterocycles. The first-order valence-electron chi connectivity index (χ1n) is 13.7. The van der Waals surface area contributed by atoms with Crippen molar-refractivity contribution in [2.45, 2.75) is 113 Å². The van der Waals surface area contributed by atoms with E-state index in [0.717, 1.165) is 12.8 Å². The fourth-order valence-corrected chi connectivity index (χ4v) is 3.31. The van der Waals surface area contributed by atoms with Crippen molar-refractivity contribution < 1.29 is 42.9 Å². The van der Waals surface area contributed by atoms with Gasteiger partial charge in [0.15, 0.2) is 11.5 Å². The molecule has 226 valence electrons. The third-order valence-corrected chi connectivity index (χ3v) is 5.53. The van der Waals surface area contributed by atoms with Gasteiger partial charge in [-0.15, -0.1) is 0 Å². The number of benzene rings is 1. The normalized spacial score (nSPS) is 13.9. The molecule has 0 spiro atoms. The molecule has 40 heavy (non-hydrogen) atoms. The molecule has 0 aliphatic heterocycles. The number of carbonyl (C=O) groups excluding carboxylic acids is 4. The average Bonchev–Trinajstić information content (AvgIpc) is 2.78. The summed E-state index contributed by atoms with van der Waals surface area (Å²) in [6.45, 7) is 16.8. The average molecular weight is 566 g/mol. The maximum Gasteiger partial charge on any atom is 0.508 e. The van der Waals surface area contributed by atoms with Crippen LogP contribution in [0, 0.1) is 10.8 Å². The number of esters is 3. The minimum Gasteiger partial charge on any atom is -0.458 e. The first-order valence-corrected chi connectivity index (χ1v) is 13.7. The van der Waals surface area contributed by atoms with Crippen molar-refractivity contribution >= 4 is 24.1 Å². The second kappa shape index (κ2) is 15.6. The Labute approximate surface area is 238 Å². The summed E-state index contributed by atoms with van der Waals surface area (Å²) in [5, 5.41) is 0. The van der Waals surface area contributed by atoms with Crippen molar-refractivity contribution in [1.82, 2.24) is 0 Å². The zero-order valence-electron chi connectivity index (χ0n) is 25.5. The van der Waals surface area contributed by atoms with Crippen molar-refractivity contribution in [2.24, 2.45) is 16.6 Å². The van der Waals surface area contributed by atoms with Gasteiger partial charge in [0.2, 0.25) is 0 Å². The van der Waals surface area contributed by atoms with Crippen LogP contribution in [0.2, 0.25) is 0 Å². The van der Waals surface area contributed by atoms with E-state index in [2.05, 4.69) is 0 Å². The Morgan fingerprint density at radius 2 is 1.35 bits per heavy atom. The largest absolute Gasteiger partial charge is 0.508 e. The van der Waals surface area contributed by atoms with Gasteiger partial charge < -0.3 is 29.4 Å². The molecule has 3 atom stereocenters. The van der Waals surface area contributed by atoms with E-state index in [1.165, 1.54) is 12.1 Å². The number of carbonyl (C=O) groups is 4. The molecule has 0 aromatic heterocycles. The van der Waals surface area contributed by atoms with Crippen molar-refractivity contribution in [1.29, 1.82) is 0 Å². The lowest BCUT2D eigenvalue weighted by Gasteiger charge is -2.22. The Balaban J connectivity index is 2.93. The Bertz CT molecular complexity index is 1010. The molecular formula is C30H47NO9. The highest BCUT2D eigenvalue weighted by Crippen LogP contribution is 2.32. The van der Waals surface area contributed by atoms with Crippen LogP contribution in [0.1, 0.15) is 93.6 Å². The van der Waals surface area contributed by atoms with Crippen LogP contribution < -0.4 is 15.2 Å². The SMILES string of the molecule is CCCCOC(=O)O[C@@H](C)[C@H](C)OC(=O)[C@@H](N)Cc1ccc(OC(=O)CC(C)(C)C)c(OC(=O)CC(C)(C)C)c1. The van der Waals surface area contributed by atoms with Crippen LogP contribution in [0.5, 0.6) is 11.5 Å². The Hall–Kier alpha value is -3.14. The summed E-state index contributed by atoms with van der Waals surface area (Å²) in [5.74, 6) is -1.49. The summed E-state index contributed by atoms with van der Waals surface area (Å²) in [6, 6.07) is 3.61. The van der Waals surface area contributed by atoms with Gasteiger partial charge in [0.25, 0.3) is 0 Å². The van der Waals surface area contributed by atoms with E-state index in [1.54, 1.807) is 19.9 Å². The summed E-state index contributed by atoms with van der Waals surface area (Å²) in [7, 11) is 0. The van der Waals surface area contributed by atoms with Gasteiger partial charge in [0.05, 0.1) is 19.4 Å². The molecule has 0 unspecified atom stereocenters. The van der Waals surface area contributed by atoms with Crippen molar-refractivity contribution in [3.8, 4) is 11.5 Å². The van der Waals surface area contributed by atoms with Gasteiger partial charge >= 0.3 is 24.1 Å². The van der Waals surface area contributed by atoms with Crippen LogP contribution in [0.15, 0.2) is 18.2 Å². The Morgan fingerprint density at radius 3 is 1.88 bits per heavy atom. The minimum atomic E-state index is -1.06. The zero-order chi connectivity index (χ0) is 30.7. The molecule has 0 amide bonds. The second-order valence-corrected chi connectivity index (χ2v) is 12.4. The molecule has 1 aromatic rings. The van der Waals surface area contributed by atoms with Crippen LogP contribution in [0.3, 0.4) is 0 Å². The molecule has 1 aromatic carbocycles. The van der Waals surface area contributed by atoms with Crippen LogP contribution in [0.4, 0.5) is 4.79 Å². The topological polar surface area (TPSA) is 140 Å². The smallest absolute Gasteiger partial charge is 0.458 e. The van der Waals surface area contributed by atoms with E-state index in [1.807, 2.05) is 48.5 Å². The van der Waals surface area contributed by atoms with Crippen LogP contribution in [0.25, 0.3) is 0 Å². The van der Waals surface area contributed by atoms with Crippen LogP contribution in [-0.4, -0.2) is 48.9 Å². The maximum atomic E-state index is 12.6. The first kappa shape index (κ1) is 34.9. The molecule has 0 aliphatic carbocycles. The second-order valence-electron chi connectivity index (χ2n) is 12.4. The van der Waals surface area contributed by atoms with Gasteiger partial charge in [0, 0.05) is 0 Å². The third-order valence-electron chi connectivity index (χ3n) is 5.53. The first-order chi connectivity index (χ1) is 18.4. The number of unbranched alkanes of at least 4 members (excludes halogenated alkanes) is 1. The van der Waals surface area contributed by atoms with Crippen molar-refractivity contribution in [2.75, 3.05) is 6.61 Å². The molecule has 1 rings (SSSR count). The Kier molecular flexibility index (Phi) is 13.6. The molecule has 10 nitrogen and oxygen atoms in total. The maximum absolute atomic E-state index is 12.6. The highest BCUT2D eigenvalue weighted by atomic mass is 16.7. The lowest BCUT2D eigenvalue weighted by molar-refractivity contribution is -0.155. The number of hydrogen-bond acceptors (Lipinski definition) is 10. The van der Waals surface area contributed by atoms with Gasteiger partial charge in [-0.25, -0.2) is 4.79 Å². The number of hydrogen-bond donors (Lipinski definition) is 1. The van der Waals surface area contributed by atoms with Gasteiger partial charge in [-0.1, -0.05) is 61.0 Å². The monoisotopic (exact) mass is 565 g/mol. The Morgan fingerprint density at radius 1 is 0.825 bits per heavy atom. The molecule has 0 fully saturated rings. The van der Waals surface area contributed by atoms with E-state index in [4.69, 9.17) is 29.4 Å². The lowest BCUT2D eigenvalue weighted by atomic mass is 9.92. The quantitative estimate of drug-likeness (QED) is 0.185. The van der Waals surface area contributed by atoms with Gasteiger partial charge in [-0.05, 0) is 55.2 Å². The molecule has 0 aliphatic rings. The van der Waals surface area contributed by atoms with Gasteiger partial charge in [-0.3, -0.25) is 14.4 Å². The van der Waals surface area contributed by atoms with E-state index in [0.29, 0.717) is 5.56 Å². The standard InChI is InChI=1S/C30H47NO9/c1-10-11-14-36-28(35)38-20(3)19(2)37-27(34)22(31)15-21-12-13-23(39-25(32)17-29(4,5)6)24(16-21)40-26(33)18-30(7,8)9/h12-13,16,19-20,22H,10-11,14-15,17-18,31H2,1-9H3/t19-,20-,22-/m0/s1. The molecule has 2 N–H and O–H groups in total. The van der Waals surface area contributed by atoms with Crippen molar-refractivity contribution in [3.63, 3.8) is 0 Å². The highest BCUT2D eigenvalue weighted by Gasteiger charge is 2.26. The van der Waals surface area contributed by atoms with E-state index in [9.17, 15) is 19.2 Å². The summed E-state index contributed by atoms with van der Waals surface area (Å²) in [4.78, 5) is 49.4. The predicted molar refractivity (Wildman–Crippen MR) is 150 cm³/mol. The summed E-state index contributed by atoms with van der Waals surface area (Å²) in [5.41, 5.74) is 6.07. The fourth-order valence-electron chi connectivity index (χ4n) is 3.31. The van der Waals surface area contributed by atoms with Crippen LogP contribution in [-0.2, 0) is 35.0 Å². The molecule has 0 heterocycles. The number of nitrogens with two attached hydrogens (primary N) is 1. The van der Waals surface area contributed by atoms with E-state index >= 15 is 0 Å². The van der Waals surface area contributed by atoms with Crippen LogP contribution >= 0.6 is 0 Å². The highest BCUT2D eigenvalue weighted by molar-refractivity contribution is 5.78. The summed E-state index contributed by atoms with van der Waals surface area (Å²) >= 11 is 0. The molecule has 0 saturated carbocycles. The van der Waals surface area contributed by atoms with Crippen molar-refractivity contribution in [3.05, 3.63) is 23.8 Å². The van der Waals surface area contributed by atoms with E-state index < -0.39 is 42.3 Å². The van der Waals surface area contributed by atoms with E-state index in [-0.39, 0.29) is 48.2 Å². The van der Waals surface area contributed by atoms with Gasteiger partial charge in [0.1, 0.15) is 18.2 Å². The van der Waals surface area contributed by atoms with Gasteiger partial charge in [-0.2, -0.15) is 0 Å². The fraction of sp³-hybridized carbons (Fsp3) is 0.667. The predicted octanol–water partition coefficient (Wildman–Crippen LogP) is 5.51. The molecule has 0 radical (unpaired) electrons. The summed E-state index contributed by atoms with van der Waals surface area (Å²) < 4.78 is 26.6. The zero-order valence-corrected chi connectivity index (χ0v) is 25.5. The molecule has 0 bridgehead atoms.